The third-order valence-electron chi connectivity index (χ3n) is 5.62. The summed E-state index contributed by atoms with van der Waals surface area (Å²) < 4.78 is 0. The third-order valence-corrected chi connectivity index (χ3v) is 5.93. The van der Waals surface area contributed by atoms with Crippen LogP contribution >= 0.6 is 11.6 Å². The van der Waals surface area contributed by atoms with Gasteiger partial charge < -0.3 is 0 Å². The highest BCUT2D eigenvalue weighted by Gasteiger charge is 2.38. The first-order valence-electron chi connectivity index (χ1n) is 10.3. The van der Waals surface area contributed by atoms with Crippen molar-refractivity contribution in [2.24, 2.45) is 11.8 Å². The van der Waals surface area contributed by atoms with E-state index in [2.05, 4.69) is 70.9 Å². The maximum atomic E-state index is 6.65. The van der Waals surface area contributed by atoms with Gasteiger partial charge in [0.15, 0.2) is 0 Å². The van der Waals surface area contributed by atoms with Crippen molar-refractivity contribution >= 4 is 11.6 Å². The average molecular weight is 380 g/mol. The van der Waals surface area contributed by atoms with E-state index >= 15 is 0 Å². The zero-order valence-electron chi connectivity index (χ0n) is 17.6. The van der Waals surface area contributed by atoms with Gasteiger partial charge in [-0.3, -0.25) is 4.84 Å². The first-order chi connectivity index (χ1) is 12.2. The van der Waals surface area contributed by atoms with Crippen LogP contribution in [-0.4, -0.2) is 16.6 Å². The van der Waals surface area contributed by atoms with Crippen LogP contribution in [0.4, 0.5) is 0 Å². The van der Waals surface area contributed by atoms with E-state index in [1.165, 1.54) is 37.7 Å². The fraction of sp³-hybridized carbons (Fsp3) is 0.739. The standard InChI is InChI=1S/C23H38ClNO/c1-17(2)22(21-10-8-7-9-11-21)25(23(4,5)6)26-18(3)20-14-12-19(16-24)13-15-20/h12-15,17-18,21-22H,7-11,16H2,1-6H3. The topological polar surface area (TPSA) is 12.5 Å². The molecule has 0 amide bonds. The number of halogens is 1. The smallest absolute Gasteiger partial charge is 0.101 e. The highest BCUT2D eigenvalue weighted by molar-refractivity contribution is 6.17. The van der Waals surface area contributed by atoms with Crippen LogP contribution in [0, 0.1) is 11.8 Å². The van der Waals surface area contributed by atoms with Gasteiger partial charge >= 0.3 is 0 Å². The van der Waals surface area contributed by atoms with Gasteiger partial charge in [0.2, 0.25) is 0 Å². The number of rotatable bonds is 7. The van der Waals surface area contributed by atoms with E-state index in [0.717, 1.165) is 11.5 Å². The second kappa shape index (κ2) is 9.57. The molecule has 0 spiro atoms. The zero-order chi connectivity index (χ0) is 19.3. The summed E-state index contributed by atoms with van der Waals surface area (Å²) in [5.41, 5.74) is 2.33. The monoisotopic (exact) mass is 379 g/mol. The summed E-state index contributed by atoms with van der Waals surface area (Å²) in [4.78, 5) is 6.65. The maximum Gasteiger partial charge on any atom is 0.101 e. The van der Waals surface area contributed by atoms with Crippen LogP contribution in [0.3, 0.4) is 0 Å². The molecular formula is C23H38ClNO. The minimum atomic E-state index is -0.0310. The highest BCUT2D eigenvalue weighted by atomic mass is 35.5. The molecule has 2 atom stereocenters. The van der Waals surface area contributed by atoms with Crippen LogP contribution in [0.25, 0.3) is 0 Å². The summed E-state index contributed by atoms with van der Waals surface area (Å²) in [5, 5.41) is 2.33. The first kappa shape index (κ1) is 21.7. The van der Waals surface area contributed by atoms with Gasteiger partial charge in [-0.1, -0.05) is 57.4 Å². The molecular weight excluding hydrogens is 342 g/mol. The second-order valence-electron chi connectivity index (χ2n) is 9.25. The molecule has 1 aliphatic rings. The van der Waals surface area contributed by atoms with Gasteiger partial charge in [0, 0.05) is 17.5 Å². The van der Waals surface area contributed by atoms with Crippen molar-refractivity contribution in [1.29, 1.82) is 0 Å². The molecule has 3 heteroatoms. The van der Waals surface area contributed by atoms with Crippen LogP contribution in [0.5, 0.6) is 0 Å². The Bertz CT molecular complexity index is 528. The minimum Gasteiger partial charge on any atom is -0.290 e. The van der Waals surface area contributed by atoms with E-state index in [1.54, 1.807) is 0 Å². The molecule has 1 aromatic rings. The lowest BCUT2D eigenvalue weighted by molar-refractivity contribution is -0.280. The van der Waals surface area contributed by atoms with Gasteiger partial charge in [-0.15, -0.1) is 11.6 Å². The van der Waals surface area contributed by atoms with Crippen LogP contribution in [0.1, 0.15) is 90.9 Å². The third kappa shape index (κ3) is 5.71. The second-order valence-corrected chi connectivity index (χ2v) is 9.52. The quantitative estimate of drug-likeness (QED) is 0.369. The lowest BCUT2D eigenvalue weighted by atomic mass is 9.78. The lowest BCUT2D eigenvalue weighted by Crippen LogP contribution is -2.53. The number of nitrogens with zero attached hydrogens (tertiary/aromatic N) is 1. The summed E-state index contributed by atoms with van der Waals surface area (Å²) in [6.07, 6.45) is 6.81. The van der Waals surface area contributed by atoms with Crippen molar-refractivity contribution in [2.75, 3.05) is 0 Å². The fourth-order valence-electron chi connectivity index (χ4n) is 4.27. The Morgan fingerprint density at radius 2 is 1.62 bits per heavy atom. The summed E-state index contributed by atoms with van der Waals surface area (Å²) >= 11 is 5.93. The van der Waals surface area contributed by atoms with Crippen LogP contribution < -0.4 is 0 Å². The number of alkyl halides is 1. The average Bonchev–Trinajstić information content (AvgIpc) is 2.61. The van der Waals surface area contributed by atoms with Crippen LogP contribution in [0.2, 0.25) is 0 Å². The Morgan fingerprint density at radius 1 is 1.04 bits per heavy atom. The van der Waals surface area contributed by atoms with Crippen molar-refractivity contribution in [3.05, 3.63) is 35.4 Å². The van der Waals surface area contributed by atoms with Crippen LogP contribution in [0.15, 0.2) is 24.3 Å². The molecule has 148 valence electrons. The predicted octanol–water partition coefficient (Wildman–Crippen LogP) is 7.12. The van der Waals surface area contributed by atoms with Gasteiger partial charge in [0.25, 0.3) is 0 Å². The van der Waals surface area contributed by atoms with Crippen molar-refractivity contribution in [1.82, 2.24) is 5.06 Å². The van der Waals surface area contributed by atoms with Gasteiger partial charge in [-0.2, -0.15) is 5.06 Å². The molecule has 0 heterocycles. The molecule has 2 unspecified atom stereocenters. The van der Waals surface area contributed by atoms with Crippen molar-refractivity contribution in [3.8, 4) is 0 Å². The molecule has 0 saturated heterocycles. The SMILES string of the molecule is CC(ON(C(C(C)C)C1CCCCC1)C(C)(C)C)c1ccc(CCl)cc1. The molecule has 2 nitrogen and oxygen atoms in total. The number of benzene rings is 1. The van der Waals surface area contributed by atoms with E-state index in [9.17, 15) is 0 Å². The normalized spacial score (nSPS) is 19.1. The Kier molecular flexibility index (Phi) is 8.00. The van der Waals surface area contributed by atoms with Gasteiger partial charge in [-0.25, -0.2) is 0 Å². The highest BCUT2D eigenvalue weighted by Crippen LogP contribution is 2.37. The molecule has 2 rings (SSSR count). The molecule has 26 heavy (non-hydrogen) atoms. The molecule has 0 bridgehead atoms. The molecule has 0 aromatic heterocycles. The number of hydroxylamine groups is 2. The van der Waals surface area contributed by atoms with Crippen LogP contribution in [-0.2, 0) is 10.7 Å². The Labute approximate surface area is 166 Å². The van der Waals surface area contributed by atoms with E-state index in [-0.39, 0.29) is 11.6 Å². The fourth-order valence-corrected chi connectivity index (χ4v) is 4.45. The minimum absolute atomic E-state index is 0.0310. The van der Waals surface area contributed by atoms with E-state index in [0.29, 0.717) is 17.8 Å². The molecule has 1 fully saturated rings. The Hall–Kier alpha value is -0.570. The van der Waals surface area contributed by atoms with E-state index < -0.39 is 0 Å². The number of hydrogen-bond acceptors (Lipinski definition) is 2. The Morgan fingerprint density at radius 3 is 2.08 bits per heavy atom. The summed E-state index contributed by atoms with van der Waals surface area (Å²) in [5.74, 6) is 1.86. The van der Waals surface area contributed by atoms with Gasteiger partial charge in [0.05, 0.1) is 0 Å². The molecule has 1 aliphatic carbocycles. The molecule has 1 aromatic carbocycles. The first-order valence-corrected chi connectivity index (χ1v) is 10.9. The summed E-state index contributed by atoms with van der Waals surface area (Å²) in [7, 11) is 0. The van der Waals surface area contributed by atoms with Gasteiger partial charge in [-0.05, 0) is 63.5 Å². The predicted molar refractivity (Wildman–Crippen MR) is 112 cm³/mol. The summed E-state index contributed by atoms with van der Waals surface area (Å²) in [6, 6.07) is 8.96. The van der Waals surface area contributed by atoms with Crippen molar-refractivity contribution in [3.63, 3.8) is 0 Å². The van der Waals surface area contributed by atoms with Gasteiger partial charge in [0.1, 0.15) is 6.10 Å². The van der Waals surface area contributed by atoms with E-state index in [1.807, 2.05) is 0 Å². The molecule has 0 radical (unpaired) electrons. The Balaban J connectivity index is 2.21. The lowest BCUT2D eigenvalue weighted by Gasteiger charge is -2.47. The molecule has 1 saturated carbocycles. The zero-order valence-corrected chi connectivity index (χ0v) is 18.4. The molecule has 0 aliphatic heterocycles. The molecule has 0 N–H and O–H groups in total. The number of hydrogen-bond donors (Lipinski definition) is 0. The van der Waals surface area contributed by atoms with E-state index in [4.69, 9.17) is 16.4 Å². The maximum absolute atomic E-state index is 6.65. The largest absolute Gasteiger partial charge is 0.290 e. The summed E-state index contributed by atoms with van der Waals surface area (Å²) in [6.45, 7) is 13.7. The van der Waals surface area contributed by atoms with Crippen molar-refractivity contribution in [2.45, 2.75) is 97.2 Å². The van der Waals surface area contributed by atoms with Crippen molar-refractivity contribution < 1.29 is 4.84 Å².